The predicted molar refractivity (Wildman–Crippen MR) is 110 cm³/mol. The highest BCUT2D eigenvalue weighted by Crippen LogP contribution is 2.34. The van der Waals surface area contributed by atoms with Crippen LogP contribution < -0.4 is 10.1 Å². The number of amides is 4. The lowest BCUT2D eigenvalue weighted by Crippen LogP contribution is -2.62. The van der Waals surface area contributed by atoms with Gasteiger partial charge in [-0.05, 0) is 24.1 Å². The van der Waals surface area contributed by atoms with Crippen LogP contribution in [0.1, 0.15) is 5.56 Å². The molecular formula is C21H28N4O5. The molecule has 3 rings (SSSR count). The van der Waals surface area contributed by atoms with Crippen LogP contribution in [0.15, 0.2) is 36.0 Å². The molecule has 2 aliphatic rings. The summed E-state index contributed by atoms with van der Waals surface area (Å²) >= 11 is 0. The second kappa shape index (κ2) is 9.17. The van der Waals surface area contributed by atoms with E-state index in [0.29, 0.717) is 31.8 Å². The van der Waals surface area contributed by atoms with Gasteiger partial charge in [-0.2, -0.15) is 0 Å². The number of fused-ring (bicyclic) bond motifs is 1. The van der Waals surface area contributed by atoms with E-state index in [-0.39, 0.29) is 11.8 Å². The number of methoxy groups -OCH3 is 2. The topological polar surface area (TPSA) is 91.4 Å². The van der Waals surface area contributed by atoms with Gasteiger partial charge in [0.25, 0.3) is 5.91 Å². The third-order valence-corrected chi connectivity index (χ3v) is 5.53. The minimum Gasteiger partial charge on any atom is -0.496 e. The summed E-state index contributed by atoms with van der Waals surface area (Å²) in [6.07, 6.45) is 1.72. The van der Waals surface area contributed by atoms with Gasteiger partial charge in [0.1, 0.15) is 17.6 Å². The van der Waals surface area contributed by atoms with Crippen molar-refractivity contribution in [2.24, 2.45) is 5.92 Å². The first-order valence-electron chi connectivity index (χ1n) is 9.82. The number of nitrogens with one attached hydrogen (secondary N) is 1. The maximum atomic E-state index is 13.0. The summed E-state index contributed by atoms with van der Waals surface area (Å²) < 4.78 is 10.5. The number of para-hydroxylation sites is 1. The molecular weight excluding hydrogens is 388 g/mol. The van der Waals surface area contributed by atoms with E-state index >= 15 is 0 Å². The molecule has 4 amide bonds. The van der Waals surface area contributed by atoms with E-state index in [1.54, 1.807) is 32.2 Å². The Morgan fingerprint density at radius 1 is 1.17 bits per heavy atom. The number of rotatable bonds is 8. The number of benzene rings is 1. The molecule has 1 aromatic carbocycles. The molecule has 162 valence electrons. The van der Waals surface area contributed by atoms with Crippen molar-refractivity contribution in [2.75, 3.05) is 48.0 Å². The van der Waals surface area contributed by atoms with E-state index in [0.717, 1.165) is 16.2 Å². The van der Waals surface area contributed by atoms with Crippen LogP contribution in [0.5, 0.6) is 5.75 Å². The predicted octanol–water partition coefficient (Wildman–Crippen LogP) is 0.666. The van der Waals surface area contributed by atoms with Gasteiger partial charge >= 0.3 is 6.03 Å². The van der Waals surface area contributed by atoms with Crippen LogP contribution in [-0.2, 0) is 20.7 Å². The highest BCUT2D eigenvalue weighted by molar-refractivity contribution is 6.02. The summed E-state index contributed by atoms with van der Waals surface area (Å²) in [5, 5.41) is 2.92. The van der Waals surface area contributed by atoms with Gasteiger partial charge in [-0.3, -0.25) is 14.5 Å². The normalized spacial score (nSPS) is 20.9. The summed E-state index contributed by atoms with van der Waals surface area (Å²) in [4.78, 5) is 42.4. The van der Waals surface area contributed by atoms with Gasteiger partial charge in [0.05, 0.1) is 19.6 Å². The molecule has 0 bridgehead atoms. The zero-order chi connectivity index (χ0) is 21.8. The largest absolute Gasteiger partial charge is 0.496 e. The minimum atomic E-state index is -0.593. The van der Waals surface area contributed by atoms with Crippen LogP contribution in [0.2, 0.25) is 0 Å². The van der Waals surface area contributed by atoms with Crippen LogP contribution in [0, 0.1) is 5.92 Å². The number of ether oxygens (including phenoxy) is 2. The second-order valence-electron chi connectivity index (χ2n) is 7.29. The number of hydrogen-bond acceptors (Lipinski definition) is 6. The van der Waals surface area contributed by atoms with Crippen molar-refractivity contribution in [3.8, 4) is 5.75 Å². The monoisotopic (exact) mass is 416 g/mol. The van der Waals surface area contributed by atoms with Crippen LogP contribution >= 0.6 is 0 Å². The first-order valence-corrected chi connectivity index (χ1v) is 9.82. The molecule has 0 saturated carbocycles. The highest BCUT2D eigenvalue weighted by atomic mass is 16.5. The number of imide groups is 1. The molecule has 0 radical (unpaired) electrons. The third kappa shape index (κ3) is 3.97. The Morgan fingerprint density at radius 2 is 1.90 bits per heavy atom. The van der Waals surface area contributed by atoms with Crippen LogP contribution in [0.25, 0.3) is 0 Å². The first kappa shape index (κ1) is 21.6. The van der Waals surface area contributed by atoms with Crippen molar-refractivity contribution in [3.63, 3.8) is 0 Å². The van der Waals surface area contributed by atoms with Gasteiger partial charge in [-0.25, -0.2) is 4.79 Å². The van der Waals surface area contributed by atoms with Crippen molar-refractivity contribution in [1.82, 2.24) is 20.0 Å². The summed E-state index contributed by atoms with van der Waals surface area (Å²) in [7, 11) is 6.27. The molecule has 1 aromatic rings. The van der Waals surface area contributed by atoms with Crippen molar-refractivity contribution < 1.29 is 23.9 Å². The molecule has 1 N–H and O–H groups in total. The lowest BCUT2D eigenvalue weighted by atomic mass is 10.0. The summed E-state index contributed by atoms with van der Waals surface area (Å²) in [5.74, 6) is -0.424. The highest BCUT2D eigenvalue weighted by Gasteiger charge is 2.50. The third-order valence-electron chi connectivity index (χ3n) is 5.53. The number of carbonyl (C=O) groups excluding carboxylic acids is 3. The van der Waals surface area contributed by atoms with E-state index < -0.39 is 18.1 Å². The molecule has 9 heteroatoms. The van der Waals surface area contributed by atoms with E-state index in [1.807, 2.05) is 24.3 Å². The van der Waals surface area contributed by atoms with E-state index in [1.165, 1.54) is 11.9 Å². The molecule has 0 spiro atoms. The Balaban J connectivity index is 1.74. The van der Waals surface area contributed by atoms with Crippen molar-refractivity contribution in [1.29, 1.82) is 0 Å². The minimum absolute atomic E-state index is 0.285. The number of carbonyl (C=O) groups is 3. The van der Waals surface area contributed by atoms with Crippen molar-refractivity contribution in [3.05, 3.63) is 41.6 Å². The van der Waals surface area contributed by atoms with Gasteiger partial charge in [0, 0.05) is 34.3 Å². The number of nitrogens with zero attached hydrogens (tertiary/aromatic N) is 3. The summed E-state index contributed by atoms with van der Waals surface area (Å²) in [5.41, 5.74) is 1.37. The Hall–Kier alpha value is -3.07. The molecule has 30 heavy (non-hydrogen) atoms. The van der Waals surface area contributed by atoms with E-state index in [2.05, 4.69) is 5.32 Å². The van der Waals surface area contributed by atoms with Crippen LogP contribution in [0.3, 0.4) is 0 Å². The fraction of sp³-hybridized carbons (Fsp3) is 0.476. The Labute approximate surface area is 176 Å². The molecule has 1 fully saturated rings. The zero-order valence-corrected chi connectivity index (χ0v) is 17.8. The average molecular weight is 416 g/mol. The number of hydrogen-bond donors (Lipinski definition) is 1. The van der Waals surface area contributed by atoms with E-state index in [4.69, 9.17) is 9.47 Å². The smallest absolute Gasteiger partial charge is 0.327 e. The summed E-state index contributed by atoms with van der Waals surface area (Å²) in [6, 6.07) is 7.25. The summed E-state index contributed by atoms with van der Waals surface area (Å²) in [6.45, 7) is 1.16. The van der Waals surface area contributed by atoms with Crippen LogP contribution in [0.4, 0.5) is 4.79 Å². The van der Waals surface area contributed by atoms with Gasteiger partial charge in [0.2, 0.25) is 5.91 Å². The SMILES string of the molecule is COCCN1C(C(=O)NCCc2ccccc2OC)=CC2C(=O)N(C)C(=O)N(C)C21. The lowest BCUT2D eigenvalue weighted by molar-refractivity contribution is -0.137. The molecule has 2 aliphatic heterocycles. The lowest BCUT2D eigenvalue weighted by Gasteiger charge is -2.43. The Bertz CT molecular complexity index is 856. The molecule has 2 atom stereocenters. The molecule has 9 nitrogen and oxygen atoms in total. The molecule has 0 aromatic heterocycles. The first-order chi connectivity index (χ1) is 14.4. The van der Waals surface area contributed by atoms with Gasteiger partial charge in [-0.15, -0.1) is 0 Å². The van der Waals surface area contributed by atoms with Crippen molar-refractivity contribution >= 4 is 17.8 Å². The number of urea groups is 1. The Morgan fingerprint density at radius 3 is 2.60 bits per heavy atom. The van der Waals surface area contributed by atoms with E-state index in [9.17, 15) is 14.4 Å². The molecule has 2 heterocycles. The average Bonchev–Trinajstić information content (AvgIpc) is 3.14. The van der Waals surface area contributed by atoms with Crippen molar-refractivity contribution in [2.45, 2.75) is 12.6 Å². The molecule has 0 aliphatic carbocycles. The fourth-order valence-corrected chi connectivity index (χ4v) is 3.96. The zero-order valence-electron chi connectivity index (χ0n) is 17.8. The fourth-order valence-electron chi connectivity index (χ4n) is 3.96. The maximum absolute atomic E-state index is 13.0. The standard InChI is InChI=1S/C21H28N4O5/c1-23-19-15(20(27)24(2)21(23)28)13-16(25(19)11-12-29-3)18(26)22-10-9-14-7-5-6-8-17(14)30-4/h5-8,13,15,19H,9-12H2,1-4H3,(H,22,26). The molecule has 2 unspecified atom stereocenters. The van der Waals surface area contributed by atoms with Gasteiger partial charge < -0.3 is 24.6 Å². The Kier molecular flexibility index (Phi) is 6.61. The second-order valence-corrected chi connectivity index (χ2v) is 7.29. The van der Waals surface area contributed by atoms with Gasteiger partial charge in [-0.1, -0.05) is 18.2 Å². The van der Waals surface area contributed by atoms with Gasteiger partial charge in [0.15, 0.2) is 0 Å². The molecule has 1 saturated heterocycles. The van der Waals surface area contributed by atoms with Crippen LogP contribution in [-0.4, -0.2) is 86.7 Å². The maximum Gasteiger partial charge on any atom is 0.327 e. The quantitative estimate of drug-likeness (QED) is 0.670.